The van der Waals surface area contributed by atoms with E-state index in [1.165, 1.54) is 24.1 Å². The van der Waals surface area contributed by atoms with Crippen LogP contribution in [0.2, 0.25) is 0 Å². The second-order valence-corrected chi connectivity index (χ2v) is 5.46. The summed E-state index contributed by atoms with van der Waals surface area (Å²) >= 11 is 0. The highest BCUT2D eigenvalue weighted by Gasteiger charge is 2.21. The number of amidine groups is 1. The van der Waals surface area contributed by atoms with Crippen LogP contribution in [0.4, 0.5) is 5.82 Å². The van der Waals surface area contributed by atoms with Crippen LogP contribution < -0.4 is 10.6 Å². The molecule has 1 heterocycles. The fourth-order valence-electron chi connectivity index (χ4n) is 2.65. The normalized spacial score (nSPS) is 15.2. The fourth-order valence-corrected chi connectivity index (χ4v) is 2.65. The van der Waals surface area contributed by atoms with Crippen LogP contribution in [0.15, 0.2) is 11.5 Å². The van der Waals surface area contributed by atoms with Crippen molar-refractivity contribution in [3.63, 3.8) is 0 Å². The van der Waals surface area contributed by atoms with Crippen LogP contribution in [0.1, 0.15) is 44.4 Å². The van der Waals surface area contributed by atoms with E-state index in [2.05, 4.69) is 33.9 Å². The lowest BCUT2D eigenvalue weighted by molar-refractivity contribution is 0.317. The number of fused-ring (bicyclic) bond motifs is 1. The first kappa shape index (κ1) is 14.6. The maximum atomic E-state index is 8.67. The van der Waals surface area contributed by atoms with Gasteiger partial charge in [-0.3, -0.25) is 0 Å². The van der Waals surface area contributed by atoms with Crippen molar-refractivity contribution >= 4 is 11.7 Å². The molecule has 6 heteroatoms. The van der Waals surface area contributed by atoms with Crippen LogP contribution in [-0.2, 0) is 12.8 Å². The lowest BCUT2D eigenvalue weighted by Gasteiger charge is -2.31. The van der Waals surface area contributed by atoms with Crippen LogP contribution in [-0.4, -0.2) is 33.6 Å². The largest absolute Gasteiger partial charge is 0.409 e. The van der Waals surface area contributed by atoms with E-state index in [0.29, 0.717) is 19.0 Å². The minimum absolute atomic E-state index is 0.249. The molecule has 0 amide bonds. The van der Waals surface area contributed by atoms with Crippen LogP contribution in [0.25, 0.3) is 0 Å². The second kappa shape index (κ2) is 6.54. The van der Waals surface area contributed by atoms with E-state index in [9.17, 15) is 0 Å². The van der Waals surface area contributed by atoms with Crippen molar-refractivity contribution in [2.45, 2.75) is 52.0 Å². The Labute approximate surface area is 119 Å². The van der Waals surface area contributed by atoms with Crippen molar-refractivity contribution < 1.29 is 5.21 Å². The van der Waals surface area contributed by atoms with Gasteiger partial charge < -0.3 is 15.8 Å². The highest BCUT2D eigenvalue weighted by atomic mass is 16.4. The highest BCUT2D eigenvalue weighted by molar-refractivity contribution is 5.80. The van der Waals surface area contributed by atoms with Gasteiger partial charge in [0.25, 0.3) is 0 Å². The number of aryl methyl sites for hydroxylation is 1. The predicted molar refractivity (Wildman–Crippen MR) is 79.2 cm³/mol. The average molecular weight is 277 g/mol. The third-order valence-electron chi connectivity index (χ3n) is 3.73. The van der Waals surface area contributed by atoms with E-state index in [0.717, 1.165) is 18.7 Å². The van der Waals surface area contributed by atoms with Gasteiger partial charge in [0, 0.05) is 30.3 Å². The van der Waals surface area contributed by atoms with Gasteiger partial charge in [-0.15, -0.1) is 0 Å². The summed E-state index contributed by atoms with van der Waals surface area (Å²) in [6, 6.07) is 0.308. The Morgan fingerprint density at radius 3 is 2.85 bits per heavy atom. The van der Waals surface area contributed by atoms with Crippen LogP contribution >= 0.6 is 0 Å². The first-order valence-electron chi connectivity index (χ1n) is 7.19. The first-order chi connectivity index (χ1) is 9.63. The Balaban J connectivity index is 2.25. The molecule has 0 unspecified atom stereocenters. The van der Waals surface area contributed by atoms with Gasteiger partial charge in [0.05, 0.1) is 0 Å². The topological polar surface area (TPSA) is 87.6 Å². The van der Waals surface area contributed by atoms with Gasteiger partial charge in [-0.1, -0.05) is 5.16 Å². The Kier molecular flexibility index (Phi) is 4.76. The molecule has 6 nitrogen and oxygen atoms in total. The van der Waals surface area contributed by atoms with E-state index < -0.39 is 0 Å². The number of oxime groups is 1. The summed E-state index contributed by atoms with van der Waals surface area (Å²) in [4.78, 5) is 11.1. The lowest BCUT2D eigenvalue weighted by atomic mass is 9.96. The predicted octanol–water partition coefficient (Wildman–Crippen LogP) is 1.71. The zero-order chi connectivity index (χ0) is 14.5. The van der Waals surface area contributed by atoms with Crippen molar-refractivity contribution in [2.75, 3.05) is 11.4 Å². The molecule has 1 aromatic heterocycles. The molecule has 2 rings (SSSR count). The van der Waals surface area contributed by atoms with E-state index in [1.807, 2.05) is 0 Å². The third-order valence-corrected chi connectivity index (χ3v) is 3.73. The Bertz CT molecular complexity index is 486. The summed E-state index contributed by atoms with van der Waals surface area (Å²) in [5.74, 6) is 1.26. The Morgan fingerprint density at radius 1 is 1.40 bits per heavy atom. The fraction of sp³-hybridized carbons (Fsp3) is 0.643. The number of nitrogens with two attached hydrogens (primary N) is 1. The zero-order valence-corrected chi connectivity index (χ0v) is 12.2. The van der Waals surface area contributed by atoms with Crippen LogP contribution in [0, 0.1) is 0 Å². The molecule has 0 aromatic carbocycles. The van der Waals surface area contributed by atoms with Gasteiger partial charge in [-0.05, 0) is 39.5 Å². The van der Waals surface area contributed by atoms with Gasteiger partial charge >= 0.3 is 0 Å². The lowest BCUT2D eigenvalue weighted by Crippen LogP contribution is -2.36. The maximum absolute atomic E-state index is 8.67. The number of hydrogen-bond donors (Lipinski definition) is 2. The third kappa shape index (κ3) is 3.18. The SMILES string of the molecule is CC(C)N(CCC(N)=NO)c1ncnc2c1CCCC2. The molecule has 1 aliphatic rings. The first-order valence-corrected chi connectivity index (χ1v) is 7.19. The second-order valence-electron chi connectivity index (χ2n) is 5.46. The minimum Gasteiger partial charge on any atom is -0.409 e. The van der Waals surface area contributed by atoms with E-state index in [1.54, 1.807) is 6.33 Å². The molecule has 0 atom stereocenters. The van der Waals surface area contributed by atoms with Gasteiger partial charge in [0.1, 0.15) is 18.0 Å². The summed E-state index contributed by atoms with van der Waals surface area (Å²) in [5.41, 5.74) is 8.02. The molecule has 20 heavy (non-hydrogen) atoms. The molecule has 0 radical (unpaired) electrons. The molecular weight excluding hydrogens is 254 g/mol. The molecule has 3 N–H and O–H groups in total. The standard InChI is InChI=1S/C14H23N5O/c1-10(2)19(8-7-13(15)18-20)14-11-5-3-4-6-12(11)16-9-17-14/h9-10,20H,3-8H2,1-2H3,(H2,15,18). The molecule has 1 aliphatic carbocycles. The number of rotatable bonds is 5. The molecule has 0 saturated carbocycles. The summed E-state index contributed by atoms with van der Waals surface area (Å²) in [6.07, 6.45) is 6.65. The molecule has 0 fully saturated rings. The summed E-state index contributed by atoms with van der Waals surface area (Å²) in [5, 5.41) is 11.7. The molecular formula is C14H23N5O. The molecule has 110 valence electrons. The highest BCUT2D eigenvalue weighted by Crippen LogP contribution is 2.28. The maximum Gasteiger partial charge on any atom is 0.140 e. The number of nitrogens with zero attached hydrogens (tertiary/aromatic N) is 4. The number of aromatic nitrogens is 2. The van der Waals surface area contributed by atoms with Crippen LogP contribution in [0.3, 0.4) is 0 Å². The summed E-state index contributed by atoms with van der Waals surface area (Å²) in [7, 11) is 0. The van der Waals surface area contributed by atoms with Gasteiger partial charge in [0.15, 0.2) is 0 Å². The van der Waals surface area contributed by atoms with Crippen LogP contribution in [0.5, 0.6) is 0 Å². The summed E-state index contributed by atoms with van der Waals surface area (Å²) in [6.45, 7) is 4.95. The molecule has 0 aliphatic heterocycles. The Hall–Kier alpha value is -1.85. The molecule has 0 spiro atoms. The smallest absolute Gasteiger partial charge is 0.140 e. The zero-order valence-electron chi connectivity index (χ0n) is 12.2. The number of hydrogen-bond acceptors (Lipinski definition) is 5. The van der Waals surface area contributed by atoms with Crippen molar-refractivity contribution in [2.24, 2.45) is 10.9 Å². The van der Waals surface area contributed by atoms with E-state index in [-0.39, 0.29) is 5.84 Å². The molecule has 1 aromatic rings. The van der Waals surface area contributed by atoms with E-state index >= 15 is 0 Å². The minimum atomic E-state index is 0.249. The summed E-state index contributed by atoms with van der Waals surface area (Å²) < 4.78 is 0. The molecule has 0 saturated heterocycles. The number of anilines is 1. The van der Waals surface area contributed by atoms with Crippen molar-refractivity contribution in [3.05, 3.63) is 17.6 Å². The Morgan fingerprint density at radius 2 is 2.15 bits per heavy atom. The van der Waals surface area contributed by atoms with Gasteiger partial charge in [-0.2, -0.15) is 0 Å². The van der Waals surface area contributed by atoms with E-state index in [4.69, 9.17) is 10.9 Å². The van der Waals surface area contributed by atoms with Crippen molar-refractivity contribution in [1.82, 2.24) is 9.97 Å². The average Bonchev–Trinajstić information content (AvgIpc) is 2.47. The quantitative estimate of drug-likeness (QED) is 0.370. The van der Waals surface area contributed by atoms with Crippen molar-refractivity contribution in [3.8, 4) is 0 Å². The van der Waals surface area contributed by atoms with Crippen molar-refractivity contribution in [1.29, 1.82) is 0 Å². The van der Waals surface area contributed by atoms with Gasteiger partial charge in [0.2, 0.25) is 0 Å². The monoisotopic (exact) mass is 277 g/mol. The molecule has 0 bridgehead atoms. The van der Waals surface area contributed by atoms with Gasteiger partial charge in [-0.25, -0.2) is 9.97 Å².